The Hall–Kier alpha value is -0.810. The lowest BCUT2D eigenvalue weighted by Gasteiger charge is -2.38. The Morgan fingerprint density at radius 2 is 2.15 bits per heavy atom. The summed E-state index contributed by atoms with van der Waals surface area (Å²) in [5.41, 5.74) is 1.18. The van der Waals surface area contributed by atoms with Crippen LogP contribution >= 0.6 is 0 Å². The first-order chi connectivity index (χ1) is 6.35. The number of nitrogens with one attached hydrogen (secondary N) is 1. The average molecular weight is 176 g/mol. The van der Waals surface area contributed by atoms with Gasteiger partial charge in [0.15, 0.2) is 0 Å². The summed E-state index contributed by atoms with van der Waals surface area (Å²) >= 11 is 0. The van der Waals surface area contributed by atoms with Gasteiger partial charge in [0, 0.05) is 11.1 Å². The van der Waals surface area contributed by atoms with Crippen molar-refractivity contribution >= 4 is 0 Å². The maximum absolute atomic E-state index is 8.86. The SMILES string of the molecule is N#CC1=CC2(CCCCN2)CCC1. The van der Waals surface area contributed by atoms with Crippen LogP contribution in [0.2, 0.25) is 0 Å². The van der Waals surface area contributed by atoms with Crippen molar-refractivity contribution in [3.63, 3.8) is 0 Å². The Bertz CT molecular complexity index is 254. The molecule has 1 aliphatic carbocycles. The van der Waals surface area contributed by atoms with Crippen LogP contribution in [-0.2, 0) is 0 Å². The molecule has 1 aliphatic heterocycles. The van der Waals surface area contributed by atoms with Crippen molar-refractivity contribution in [1.82, 2.24) is 5.32 Å². The van der Waals surface area contributed by atoms with Gasteiger partial charge in [-0.3, -0.25) is 0 Å². The van der Waals surface area contributed by atoms with Crippen molar-refractivity contribution < 1.29 is 0 Å². The van der Waals surface area contributed by atoms with E-state index in [-0.39, 0.29) is 5.54 Å². The van der Waals surface area contributed by atoms with Gasteiger partial charge < -0.3 is 5.32 Å². The van der Waals surface area contributed by atoms with E-state index in [0.29, 0.717) is 0 Å². The van der Waals surface area contributed by atoms with Gasteiger partial charge in [-0.2, -0.15) is 5.26 Å². The Kier molecular flexibility index (Phi) is 2.37. The first-order valence-electron chi connectivity index (χ1n) is 5.22. The fourth-order valence-corrected chi connectivity index (χ4v) is 2.49. The zero-order valence-electron chi connectivity index (χ0n) is 7.97. The summed E-state index contributed by atoms with van der Waals surface area (Å²) in [6.07, 6.45) is 9.39. The van der Waals surface area contributed by atoms with Crippen LogP contribution in [-0.4, -0.2) is 12.1 Å². The number of nitrogens with zero attached hydrogens (tertiary/aromatic N) is 1. The first-order valence-corrected chi connectivity index (χ1v) is 5.22. The summed E-state index contributed by atoms with van der Waals surface area (Å²) in [6, 6.07) is 2.30. The molecule has 13 heavy (non-hydrogen) atoms. The van der Waals surface area contributed by atoms with E-state index in [1.807, 2.05) is 0 Å². The van der Waals surface area contributed by atoms with Crippen LogP contribution in [0.3, 0.4) is 0 Å². The summed E-state index contributed by atoms with van der Waals surface area (Å²) < 4.78 is 0. The molecular formula is C11H16N2. The Balaban J connectivity index is 2.17. The van der Waals surface area contributed by atoms with Crippen molar-refractivity contribution in [3.05, 3.63) is 11.6 Å². The van der Waals surface area contributed by atoms with Crippen molar-refractivity contribution in [2.75, 3.05) is 6.54 Å². The number of piperidine rings is 1. The third-order valence-electron chi connectivity index (χ3n) is 3.19. The molecule has 1 spiro atoms. The largest absolute Gasteiger partial charge is 0.308 e. The molecule has 1 unspecified atom stereocenters. The minimum absolute atomic E-state index is 0.196. The van der Waals surface area contributed by atoms with E-state index >= 15 is 0 Å². The fraction of sp³-hybridized carbons (Fsp3) is 0.727. The standard InChI is InChI=1S/C11H16N2/c12-9-10-4-3-6-11(8-10)5-1-2-7-13-11/h8,13H,1-7H2. The number of hydrogen-bond acceptors (Lipinski definition) is 2. The van der Waals surface area contributed by atoms with E-state index in [1.54, 1.807) is 0 Å². The molecule has 1 atom stereocenters. The molecule has 0 saturated carbocycles. The highest BCUT2D eigenvalue weighted by Crippen LogP contribution is 2.32. The molecule has 1 heterocycles. The van der Waals surface area contributed by atoms with Crippen LogP contribution in [0, 0.1) is 11.3 Å². The minimum atomic E-state index is 0.196. The van der Waals surface area contributed by atoms with E-state index in [9.17, 15) is 0 Å². The molecule has 0 aromatic heterocycles. The van der Waals surface area contributed by atoms with Crippen LogP contribution < -0.4 is 5.32 Å². The first kappa shape index (κ1) is 8.77. The van der Waals surface area contributed by atoms with E-state index in [1.165, 1.54) is 32.1 Å². The van der Waals surface area contributed by atoms with Gasteiger partial charge in [-0.1, -0.05) is 12.5 Å². The van der Waals surface area contributed by atoms with Crippen LogP contribution in [0.5, 0.6) is 0 Å². The normalized spacial score (nSPS) is 33.9. The van der Waals surface area contributed by atoms with Gasteiger partial charge in [0.25, 0.3) is 0 Å². The zero-order valence-corrected chi connectivity index (χ0v) is 7.97. The molecule has 2 aliphatic rings. The highest BCUT2D eigenvalue weighted by molar-refractivity contribution is 5.29. The smallest absolute Gasteiger partial charge is 0.0944 e. The molecule has 0 radical (unpaired) electrons. The summed E-state index contributed by atoms with van der Waals surface area (Å²) in [5.74, 6) is 0. The van der Waals surface area contributed by atoms with Gasteiger partial charge >= 0.3 is 0 Å². The van der Waals surface area contributed by atoms with Gasteiger partial charge in [0.2, 0.25) is 0 Å². The molecule has 70 valence electrons. The molecular weight excluding hydrogens is 160 g/mol. The van der Waals surface area contributed by atoms with Gasteiger partial charge in [0.1, 0.15) is 0 Å². The second-order valence-corrected chi connectivity index (χ2v) is 4.17. The van der Waals surface area contributed by atoms with Crippen molar-refractivity contribution in [1.29, 1.82) is 5.26 Å². The number of allylic oxidation sites excluding steroid dienone is 1. The topological polar surface area (TPSA) is 35.8 Å². The maximum Gasteiger partial charge on any atom is 0.0944 e. The lowest BCUT2D eigenvalue weighted by atomic mass is 9.78. The van der Waals surface area contributed by atoms with Crippen LogP contribution in [0.15, 0.2) is 11.6 Å². The summed E-state index contributed by atoms with van der Waals surface area (Å²) in [4.78, 5) is 0. The summed E-state index contributed by atoms with van der Waals surface area (Å²) in [6.45, 7) is 1.12. The zero-order chi connectivity index (χ0) is 9.15. The molecule has 2 rings (SSSR count). The Morgan fingerprint density at radius 3 is 2.85 bits per heavy atom. The molecule has 1 N–H and O–H groups in total. The number of rotatable bonds is 0. The van der Waals surface area contributed by atoms with Gasteiger partial charge in [0.05, 0.1) is 6.07 Å². The molecule has 0 aromatic carbocycles. The van der Waals surface area contributed by atoms with Crippen molar-refractivity contribution in [3.8, 4) is 6.07 Å². The van der Waals surface area contributed by atoms with E-state index in [0.717, 1.165) is 18.5 Å². The number of hydrogen-bond donors (Lipinski definition) is 1. The Morgan fingerprint density at radius 1 is 1.31 bits per heavy atom. The third-order valence-corrected chi connectivity index (χ3v) is 3.19. The van der Waals surface area contributed by atoms with Crippen molar-refractivity contribution in [2.45, 2.75) is 44.1 Å². The van der Waals surface area contributed by atoms with Gasteiger partial charge in [-0.25, -0.2) is 0 Å². The molecule has 2 heteroatoms. The highest BCUT2D eigenvalue weighted by atomic mass is 15.0. The van der Waals surface area contributed by atoms with Crippen molar-refractivity contribution in [2.24, 2.45) is 0 Å². The molecule has 0 amide bonds. The van der Waals surface area contributed by atoms with E-state index < -0.39 is 0 Å². The predicted molar refractivity (Wildman–Crippen MR) is 52.1 cm³/mol. The molecule has 0 bridgehead atoms. The molecule has 2 nitrogen and oxygen atoms in total. The minimum Gasteiger partial charge on any atom is -0.308 e. The molecule has 1 fully saturated rings. The van der Waals surface area contributed by atoms with Gasteiger partial charge in [-0.05, 0) is 38.6 Å². The van der Waals surface area contributed by atoms with Crippen LogP contribution in [0.1, 0.15) is 38.5 Å². The fourth-order valence-electron chi connectivity index (χ4n) is 2.49. The van der Waals surface area contributed by atoms with E-state index in [4.69, 9.17) is 5.26 Å². The lowest BCUT2D eigenvalue weighted by Crippen LogP contribution is -2.48. The second kappa shape index (κ2) is 3.51. The third kappa shape index (κ3) is 1.76. The lowest BCUT2D eigenvalue weighted by molar-refractivity contribution is 0.281. The van der Waals surface area contributed by atoms with Gasteiger partial charge in [-0.15, -0.1) is 0 Å². The Labute approximate surface area is 79.6 Å². The second-order valence-electron chi connectivity index (χ2n) is 4.17. The molecule has 1 saturated heterocycles. The van der Waals surface area contributed by atoms with E-state index in [2.05, 4.69) is 17.5 Å². The monoisotopic (exact) mass is 176 g/mol. The van der Waals surface area contributed by atoms with Crippen LogP contribution in [0.4, 0.5) is 0 Å². The predicted octanol–water partition coefficient (Wildman–Crippen LogP) is 2.13. The number of nitriles is 1. The quantitative estimate of drug-likeness (QED) is 0.613. The highest BCUT2D eigenvalue weighted by Gasteiger charge is 2.31. The van der Waals surface area contributed by atoms with Crippen LogP contribution in [0.25, 0.3) is 0 Å². The molecule has 0 aromatic rings. The summed E-state index contributed by atoms with van der Waals surface area (Å²) in [5, 5.41) is 12.4. The average Bonchev–Trinajstić information content (AvgIpc) is 2.19. The maximum atomic E-state index is 8.86. The summed E-state index contributed by atoms with van der Waals surface area (Å²) in [7, 11) is 0.